The lowest BCUT2D eigenvalue weighted by atomic mass is 9.94. The molecule has 1 fully saturated rings. The molecular weight excluding hydrogens is 306 g/mol. The van der Waals surface area contributed by atoms with Gasteiger partial charge < -0.3 is 10.1 Å². The molecule has 4 nitrogen and oxygen atoms in total. The van der Waals surface area contributed by atoms with Gasteiger partial charge in [-0.25, -0.2) is 9.97 Å². The van der Waals surface area contributed by atoms with E-state index in [0.29, 0.717) is 6.04 Å². The van der Waals surface area contributed by atoms with Crippen LogP contribution in [0.1, 0.15) is 45.9 Å². The van der Waals surface area contributed by atoms with Crippen LogP contribution in [-0.4, -0.2) is 28.2 Å². The quantitative estimate of drug-likeness (QED) is 0.859. The molecule has 0 aliphatic carbocycles. The van der Waals surface area contributed by atoms with Gasteiger partial charge in [-0.05, 0) is 49.0 Å². The van der Waals surface area contributed by atoms with Gasteiger partial charge in [-0.15, -0.1) is 0 Å². The van der Waals surface area contributed by atoms with Crippen molar-refractivity contribution in [2.75, 3.05) is 11.9 Å². The lowest BCUT2D eigenvalue weighted by Gasteiger charge is -2.36. The average molecular weight is 328 g/mol. The second kappa shape index (κ2) is 6.18. The third kappa shape index (κ3) is 4.42. The molecule has 1 aliphatic heterocycles. The van der Waals surface area contributed by atoms with Crippen LogP contribution in [0.15, 0.2) is 10.7 Å². The summed E-state index contributed by atoms with van der Waals surface area (Å²) in [7, 11) is 0. The summed E-state index contributed by atoms with van der Waals surface area (Å²) in [6.07, 6.45) is 3.99. The Labute approximate surface area is 123 Å². The molecule has 2 heterocycles. The summed E-state index contributed by atoms with van der Waals surface area (Å²) < 4.78 is 6.58. The standard InChI is InChI=1S/C14H22BrN3O/c1-4-5-12-17-11(15)8-13(18-12)16-10-6-7-19-14(2,3)9-10/h8,10H,4-7,9H2,1-3H3,(H,16,17,18). The van der Waals surface area contributed by atoms with Crippen molar-refractivity contribution in [1.82, 2.24) is 9.97 Å². The average Bonchev–Trinajstić information content (AvgIpc) is 2.26. The monoisotopic (exact) mass is 327 g/mol. The highest BCUT2D eigenvalue weighted by Gasteiger charge is 2.28. The van der Waals surface area contributed by atoms with Crippen molar-refractivity contribution in [3.05, 3.63) is 16.5 Å². The summed E-state index contributed by atoms with van der Waals surface area (Å²) in [5.74, 6) is 1.80. The molecule has 0 amide bonds. The molecule has 1 unspecified atom stereocenters. The van der Waals surface area contributed by atoms with Crippen LogP contribution in [0.3, 0.4) is 0 Å². The van der Waals surface area contributed by atoms with E-state index in [9.17, 15) is 0 Å². The number of rotatable bonds is 4. The van der Waals surface area contributed by atoms with Crippen molar-refractivity contribution < 1.29 is 4.74 Å². The van der Waals surface area contributed by atoms with Crippen molar-refractivity contribution in [2.45, 2.75) is 58.1 Å². The molecule has 1 aromatic heterocycles. The molecule has 5 heteroatoms. The zero-order valence-corrected chi connectivity index (χ0v) is 13.5. The maximum Gasteiger partial charge on any atom is 0.132 e. The van der Waals surface area contributed by atoms with E-state index in [1.807, 2.05) is 6.07 Å². The summed E-state index contributed by atoms with van der Waals surface area (Å²) in [4.78, 5) is 8.96. The Morgan fingerprint density at radius 1 is 1.47 bits per heavy atom. The number of nitrogens with one attached hydrogen (secondary N) is 1. The summed E-state index contributed by atoms with van der Waals surface area (Å²) in [5, 5.41) is 3.51. The van der Waals surface area contributed by atoms with Gasteiger partial charge in [0.05, 0.1) is 5.60 Å². The van der Waals surface area contributed by atoms with Crippen molar-refractivity contribution in [3.63, 3.8) is 0 Å². The molecule has 106 valence electrons. The molecule has 0 bridgehead atoms. The van der Waals surface area contributed by atoms with Gasteiger partial charge >= 0.3 is 0 Å². The van der Waals surface area contributed by atoms with E-state index < -0.39 is 0 Å². The third-order valence-corrected chi connectivity index (χ3v) is 3.67. The smallest absolute Gasteiger partial charge is 0.132 e. The van der Waals surface area contributed by atoms with Gasteiger partial charge in [0, 0.05) is 25.1 Å². The molecule has 1 aromatic rings. The molecule has 1 N–H and O–H groups in total. The number of nitrogens with zero attached hydrogens (tertiary/aromatic N) is 2. The molecule has 19 heavy (non-hydrogen) atoms. The van der Waals surface area contributed by atoms with E-state index >= 15 is 0 Å². The predicted octanol–water partition coefficient (Wildman–Crippen LogP) is 3.56. The normalized spacial score (nSPS) is 22.2. The van der Waals surface area contributed by atoms with Gasteiger partial charge in [0.2, 0.25) is 0 Å². The maximum atomic E-state index is 5.74. The summed E-state index contributed by atoms with van der Waals surface area (Å²) >= 11 is 3.45. The van der Waals surface area contributed by atoms with E-state index in [2.05, 4.69) is 52.0 Å². The van der Waals surface area contributed by atoms with Crippen molar-refractivity contribution >= 4 is 21.7 Å². The topological polar surface area (TPSA) is 47.0 Å². The third-order valence-electron chi connectivity index (χ3n) is 3.26. The minimum absolute atomic E-state index is 0.0492. The van der Waals surface area contributed by atoms with Crippen LogP contribution >= 0.6 is 15.9 Å². The summed E-state index contributed by atoms with van der Waals surface area (Å²) in [6.45, 7) is 7.22. The Bertz CT molecular complexity index is 437. The zero-order valence-electron chi connectivity index (χ0n) is 11.9. The first-order chi connectivity index (χ1) is 8.98. The number of anilines is 1. The minimum atomic E-state index is -0.0492. The van der Waals surface area contributed by atoms with Gasteiger partial charge in [0.25, 0.3) is 0 Å². The van der Waals surface area contributed by atoms with Crippen LogP contribution in [0.5, 0.6) is 0 Å². The molecule has 1 aliphatic rings. The Morgan fingerprint density at radius 2 is 2.26 bits per heavy atom. The number of ether oxygens (including phenoxy) is 1. The van der Waals surface area contributed by atoms with E-state index in [1.165, 1.54) is 0 Å². The molecule has 1 atom stereocenters. The summed E-state index contributed by atoms with van der Waals surface area (Å²) in [5.41, 5.74) is -0.0492. The van der Waals surface area contributed by atoms with E-state index in [4.69, 9.17) is 4.74 Å². The van der Waals surface area contributed by atoms with Crippen molar-refractivity contribution in [1.29, 1.82) is 0 Å². The predicted molar refractivity (Wildman–Crippen MR) is 80.4 cm³/mol. The van der Waals surface area contributed by atoms with Crippen LogP contribution < -0.4 is 5.32 Å². The molecule has 2 rings (SSSR count). The fourth-order valence-corrected chi connectivity index (χ4v) is 2.86. The Kier molecular flexibility index (Phi) is 4.79. The number of halogens is 1. The molecule has 1 saturated heterocycles. The largest absolute Gasteiger partial charge is 0.375 e. The van der Waals surface area contributed by atoms with E-state index in [-0.39, 0.29) is 5.60 Å². The maximum absolute atomic E-state index is 5.74. The Hall–Kier alpha value is -0.680. The van der Waals surface area contributed by atoms with Crippen molar-refractivity contribution in [3.8, 4) is 0 Å². The molecule has 0 spiro atoms. The molecular formula is C14H22BrN3O. The van der Waals surface area contributed by atoms with Crippen LogP contribution in [0.25, 0.3) is 0 Å². The highest BCUT2D eigenvalue weighted by Crippen LogP contribution is 2.26. The van der Waals surface area contributed by atoms with Crippen molar-refractivity contribution in [2.24, 2.45) is 0 Å². The van der Waals surface area contributed by atoms with Crippen LogP contribution in [0.4, 0.5) is 5.82 Å². The Balaban J connectivity index is 2.06. The Morgan fingerprint density at radius 3 is 2.95 bits per heavy atom. The van der Waals surface area contributed by atoms with Crippen LogP contribution in [-0.2, 0) is 11.2 Å². The van der Waals surface area contributed by atoms with Gasteiger partial charge in [-0.1, -0.05) is 6.92 Å². The lowest BCUT2D eigenvalue weighted by Crippen LogP contribution is -2.40. The molecule has 0 aromatic carbocycles. The van der Waals surface area contributed by atoms with Crippen LogP contribution in [0, 0.1) is 0 Å². The second-order valence-electron chi connectivity index (χ2n) is 5.68. The minimum Gasteiger partial charge on any atom is -0.375 e. The van der Waals surface area contributed by atoms with Gasteiger partial charge in [0.1, 0.15) is 16.2 Å². The van der Waals surface area contributed by atoms with Gasteiger partial charge in [0.15, 0.2) is 0 Å². The highest BCUT2D eigenvalue weighted by molar-refractivity contribution is 9.10. The first-order valence-electron chi connectivity index (χ1n) is 6.92. The van der Waals surface area contributed by atoms with E-state index in [0.717, 1.165) is 48.5 Å². The number of hydrogen-bond acceptors (Lipinski definition) is 4. The van der Waals surface area contributed by atoms with Gasteiger partial charge in [-0.3, -0.25) is 0 Å². The zero-order chi connectivity index (χ0) is 13.9. The first-order valence-corrected chi connectivity index (χ1v) is 7.72. The number of aryl methyl sites for hydroxylation is 1. The number of hydrogen-bond donors (Lipinski definition) is 1. The van der Waals surface area contributed by atoms with E-state index in [1.54, 1.807) is 0 Å². The first kappa shape index (κ1) is 14.7. The van der Waals surface area contributed by atoms with Crippen LogP contribution in [0.2, 0.25) is 0 Å². The SMILES string of the molecule is CCCc1nc(Br)cc(NC2CCOC(C)(C)C2)n1. The van der Waals surface area contributed by atoms with Gasteiger partial charge in [-0.2, -0.15) is 0 Å². The fraction of sp³-hybridized carbons (Fsp3) is 0.714. The molecule has 0 radical (unpaired) electrons. The fourth-order valence-electron chi connectivity index (χ4n) is 2.44. The highest BCUT2D eigenvalue weighted by atomic mass is 79.9. The second-order valence-corrected chi connectivity index (χ2v) is 6.50. The lowest BCUT2D eigenvalue weighted by molar-refractivity contribution is -0.0553. The number of aromatic nitrogens is 2. The molecule has 0 saturated carbocycles. The summed E-state index contributed by atoms with van der Waals surface area (Å²) in [6, 6.07) is 2.36.